The minimum Gasteiger partial charge on any atom is -0.481 e. The van der Waals surface area contributed by atoms with Crippen LogP contribution in [-0.4, -0.2) is 58.3 Å². The average Bonchev–Trinajstić information content (AvgIpc) is 3.26. The largest absolute Gasteiger partial charge is 0.481 e. The van der Waals surface area contributed by atoms with Crippen molar-refractivity contribution in [2.45, 2.75) is 90.1 Å². The molecule has 0 saturated carbocycles. The van der Waals surface area contributed by atoms with Gasteiger partial charge in [0, 0.05) is 47.6 Å². The number of rotatable bonds is 12. The van der Waals surface area contributed by atoms with Crippen molar-refractivity contribution in [1.29, 1.82) is 0 Å². The predicted octanol–water partition coefficient (Wildman–Crippen LogP) is 6.87. The highest BCUT2D eigenvalue weighted by Gasteiger charge is 2.39. The first-order valence-corrected chi connectivity index (χ1v) is 17.3. The molecule has 14 heteroatoms. The van der Waals surface area contributed by atoms with Crippen molar-refractivity contribution in [3.05, 3.63) is 91.6 Å². The molecule has 2 bridgehead atoms. The third kappa shape index (κ3) is 8.47. The monoisotopic (exact) mass is 745 g/mol. The number of terminal acetylenes is 1. The van der Waals surface area contributed by atoms with Crippen LogP contribution in [0.5, 0.6) is 0 Å². The number of aryl methyl sites for hydroxylation is 2. The standard InChI is InChI=1S/C39H41F6N3O5/c1-6-23-14-29(41)36(37(42)35(23)34-21(4)12-25(40)13-22(34)5)30(16-33(50)51)46-38(52)31(11-20(2)3)48-17-24(28(15-32(48)49)39(43,44)45)9-10-47-26-7-8-27(47)19-53-18-26/h1,12-15,17,20,26-27,30-31H,7-11,16,18-19H2,2-5H3,(H,46,52)(H,50,51)/t26?,27?,30-,31-/m1/s1. The molecule has 2 unspecified atom stereocenters. The van der Waals surface area contributed by atoms with Gasteiger partial charge in [0.1, 0.15) is 23.5 Å². The van der Waals surface area contributed by atoms with Gasteiger partial charge in [-0.25, -0.2) is 13.2 Å². The number of hydrogen-bond donors (Lipinski definition) is 2. The molecule has 2 aromatic carbocycles. The van der Waals surface area contributed by atoms with E-state index in [1.807, 2.05) is 0 Å². The lowest BCUT2D eigenvalue weighted by atomic mass is 9.88. The van der Waals surface area contributed by atoms with Gasteiger partial charge in [-0.3, -0.25) is 19.3 Å². The highest BCUT2D eigenvalue weighted by molar-refractivity contribution is 5.83. The smallest absolute Gasteiger partial charge is 0.416 e. The number of carbonyl (C=O) groups is 2. The summed E-state index contributed by atoms with van der Waals surface area (Å²) in [4.78, 5) is 41.7. The number of amides is 1. The maximum absolute atomic E-state index is 16.6. The number of ether oxygens (including phenoxy) is 1. The number of fused-ring (bicyclic) bond motifs is 2. The van der Waals surface area contributed by atoms with Crippen molar-refractivity contribution < 1.29 is 45.8 Å². The Labute approximate surface area is 303 Å². The fourth-order valence-corrected chi connectivity index (χ4v) is 7.70. The number of carbonyl (C=O) groups excluding carboxylic acids is 1. The van der Waals surface area contributed by atoms with E-state index in [4.69, 9.17) is 11.2 Å². The number of morpholine rings is 1. The quantitative estimate of drug-likeness (QED) is 0.155. The van der Waals surface area contributed by atoms with Crippen molar-refractivity contribution in [3.63, 3.8) is 0 Å². The van der Waals surface area contributed by atoms with E-state index in [1.165, 1.54) is 13.8 Å². The van der Waals surface area contributed by atoms with Gasteiger partial charge in [-0.2, -0.15) is 13.2 Å². The molecule has 2 aliphatic rings. The Kier molecular flexibility index (Phi) is 11.8. The molecule has 0 aliphatic carbocycles. The summed E-state index contributed by atoms with van der Waals surface area (Å²) >= 11 is 0. The molecule has 2 N–H and O–H groups in total. The van der Waals surface area contributed by atoms with E-state index in [0.717, 1.165) is 41.8 Å². The van der Waals surface area contributed by atoms with Crippen LogP contribution in [0.3, 0.4) is 0 Å². The van der Waals surface area contributed by atoms with E-state index >= 15 is 8.78 Å². The molecule has 3 heterocycles. The van der Waals surface area contributed by atoms with Crippen LogP contribution in [0, 0.1) is 49.6 Å². The second-order valence-corrected chi connectivity index (χ2v) is 14.2. The van der Waals surface area contributed by atoms with Gasteiger partial charge in [-0.1, -0.05) is 19.8 Å². The summed E-state index contributed by atoms with van der Waals surface area (Å²) in [5.41, 5.74) is -3.23. The van der Waals surface area contributed by atoms with E-state index in [9.17, 15) is 37.1 Å². The first kappa shape index (κ1) is 39.6. The summed E-state index contributed by atoms with van der Waals surface area (Å²) in [6.45, 7) is 7.57. The predicted molar refractivity (Wildman–Crippen MR) is 185 cm³/mol. The van der Waals surface area contributed by atoms with Crippen LogP contribution in [0.15, 0.2) is 35.3 Å². The number of pyridine rings is 1. The van der Waals surface area contributed by atoms with Crippen molar-refractivity contribution in [2.24, 2.45) is 5.92 Å². The first-order valence-electron chi connectivity index (χ1n) is 17.3. The van der Waals surface area contributed by atoms with Crippen LogP contribution in [0.2, 0.25) is 0 Å². The molecule has 2 fully saturated rings. The van der Waals surface area contributed by atoms with Crippen LogP contribution in [0.4, 0.5) is 26.3 Å². The van der Waals surface area contributed by atoms with Crippen molar-refractivity contribution in [2.75, 3.05) is 19.8 Å². The molecule has 2 aliphatic heterocycles. The van der Waals surface area contributed by atoms with E-state index < -0.39 is 70.7 Å². The number of carboxylic acids is 1. The van der Waals surface area contributed by atoms with E-state index in [-0.39, 0.29) is 70.8 Å². The van der Waals surface area contributed by atoms with Crippen LogP contribution in [0.25, 0.3) is 11.1 Å². The number of nitrogens with one attached hydrogen (secondary N) is 1. The number of aromatic nitrogens is 1. The Balaban J connectivity index is 1.57. The highest BCUT2D eigenvalue weighted by atomic mass is 19.4. The van der Waals surface area contributed by atoms with Crippen LogP contribution < -0.4 is 10.9 Å². The molecule has 0 radical (unpaired) electrons. The number of benzene rings is 2. The second-order valence-electron chi connectivity index (χ2n) is 14.2. The molecule has 53 heavy (non-hydrogen) atoms. The van der Waals surface area contributed by atoms with E-state index in [1.54, 1.807) is 13.8 Å². The van der Waals surface area contributed by atoms with Crippen molar-refractivity contribution >= 4 is 11.9 Å². The van der Waals surface area contributed by atoms with Crippen LogP contribution in [0.1, 0.15) is 85.0 Å². The van der Waals surface area contributed by atoms with Gasteiger partial charge >= 0.3 is 12.1 Å². The van der Waals surface area contributed by atoms with Gasteiger partial charge in [0.25, 0.3) is 5.56 Å². The summed E-state index contributed by atoms with van der Waals surface area (Å²) in [6.07, 6.45) is 2.23. The second kappa shape index (κ2) is 15.8. The normalized spacial score (nSPS) is 18.5. The molecule has 284 valence electrons. The van der Waals surface area contributed by atoms with Crippen LogP contribution >= 0.6 is 0 Å². The Morgan fingerprint density at radius 3 is 2.21 bits per heavy atom. The summed E-state index contributed by atoms with van der Waals surface area (Å²) in [7, 11) is 0. The van der Waals surface area contributed by atoms with Gasteiger partial charge in [0.2, 0.25) is 5.91 Å². The number of nitrogens with zero attached hydrogens (tertiary/aromatic N) is 2. The lowest BCUT2D eigenvalue weighted by Gasteiger charge is -2.34. The molecule has 3 aromatic rings. The van der Waals surface area contributed by atoms with Gasteiger partial charge < -0.3 is 19.7 Å². The number of carboxylic acid groups (broad SMARTS) is 1. The minimum absolute atomic E-state index is 0.0616. The van der Waals surface area contributed by atoms with E-state index in [0.29, 0.717) is 19.3 Å². The number of alkyl halides is 3. The minimum atomic E-state index is -4.88. The zero-order chi connectivity index (χ0) is 38.9. The summed E-state index contributed by atoms with van der Waals surface area (Å²) in [5.74, 6) is -3.85. The zero-order valence-corrected chi connectivity index (χ0v) is 29.8. The fourth-order valence-electron chi connectivity index (χ4n) is 7.70. The number of halogens is 6. The van der Waals surface area contributed by atoms with Crippen molar-refractivity contribution in [1.82, 2.24) is 14.8 Å². The van der Waals surface area contributed by atoms with Crippen LogP contribution in [-0.2, 0) is 26.9 Å². The Hall–Kier alpha value is -4.61. The zero-order valence-electron chi connectivity index (χ0n) is 29.8. The number of hydrogen-bond acceptors (Lipinski definition) is 5. The van der Waals surface area contributed by atoms with Gasteiger partial charge in [0.05, 0.1) is 31.2 Å². The molecule has 8 nitrogen and oxygen atoms in total. The van der Waals surface area contributed by atoms with E-state index in [2.05, 4.69) is 16.1 Å². The maximum Gasteiger partial charge on any atom is 0.416 e. The Morgan fingerprint density at radius 2 is 1.66 bits per heavy atom. The third-order valence-electron chi connectivity index (χ3n) is 10.0. The molecule has 4 atom stereocenters. The summed E-state index contributed by atoms with van der Waals surface area (Å²) in [5, 5.41) is 12.2. The first-order chi connectivity index (χ1) is 24.9. The lowest BCUT2D eigenvalue weighted by molar-refractivity contribution is -0.139. The molecular weight excluding hydrogens is 704 g/mol. The van der Waals surface area contributed by atoms with Gasteiger partial charge in [0.15, 0.2) is 0 Å². The average molecular weight is 746 g/mol. The third-order valence-corrected chi connectivity index (χ3v) is 10.0. The SMILES string of the molecule is C#Cc1cc(F)c([C@@H](CC(=O)O)NC(=O)[C@@H](CC(C)C)n2cc(CCN3C4CCC3COC4)c(C(F)(F)F)cc2=O)c(F)c1-c1c(C)cc(F)cc1C. The lowest BCUT2D eigenvalue weighted by Crippen LogP contribution is -2.46. The Morgan fingerprint density at radius 1 is 1.04 bits per heavy atom. The highest BCUT2D eigenvalue weighted by Crippen LogP contribution is 2.39. The molecule has 1 amide bonds. The maximum atomic E-state index is 16.6. The summed E-state index contributed by atoms with van der Waals surface area (Å²) < 4.78 is 95.9. The van der Waals surface area contributed by atoms with Gasteiger partial charge in [-0.15, -0.1) is 6.42 Å². The summed E-state index contributed by atoms with van der Waals surface area (Å²) in [6, 6.07) is 0.280. The molecular formula is C39H41F6N3O5. The molecule has 1 aromatic heterocycles. The Bertz CT molecular complexity index is 1960. The van der Waals surface area contributed by atoms with Gasteiger partial charge in [-0.05, 0) is 85.9 Å². The molecule has 5 rings (SSSR count). The molecule has 2 saturated heterocycles. The van der Waals surface area contributed by atoms with Crippen molar-refractivity contribution in [3.8, 4) is 23.5 Å². The molecule has 0 spiro atoms. The fraction of sp³-hybridized carbons (Fsp3) is 0.462. The topological polar surface area (TPSA) is 101 Å². The number of aliphatic carboxylic acids is 1.